The summed E-state index contributed by atoms with van der Waals surface area (Å²) in [7, 11) is 1.30. The van der Waals surface area contributed by atoms with Gasteiger partial charge in [0.05, 0.1) is 19.6 Å². The zero-order valence-electron chi connectivity index (χ0n) is 19.0. The predicted molar refractivity (Wildman–Crippen MR) is 123 cm³/mol. The highest BCUT2D eigenvalue weighted by atomic mass is 35.5. The largest absolute Gasteiger partial charge is 0.468 e. The zero-order valence-corrected chi connectivity index (χ0v) is 19.7. The molecule has 0 aromatic heterocycles. The lowest BCUT2D eigenvalue weighted by atomic mass is 9.89. The molecule has 1 rings (SSSR count). The molecule has 1 aromatic carbocycles. The molecule has 0 amide bonds. The summed E-state index contributed by atoms with van der Waals surface area (Å²) in [5.74, 6) is -1.49. The van der Waals surface area contributed by atoms with E-state index in [2.05, 4.69) is 6.92 Å². The SMILES string of the molecule is CCCCCCCCCCCCOC(=O)C(CC(C)(Cl)C(=O)OC)c1ccccc1. The predicted octanol–water partition coefficient (Wildman–Crippen LogP) is 6.79. The minimum Gasteiger partial charge on any atom is -0.468 e. The van der Waals surface area contributed by atoms with Crippen LogP contribution in [0, 0.1) is 0 Å². The Bertz CT molecular complexity index is 600. The van der Waals surface area contributed by atoms with Gasteiger partial charge in [0.2, 0.25) is 0 Å². The summed E-state index contributed by atoms with van der Waals surface area (Å²) in [5, 5.41) is 0. The molecule has 0 spiro atoms. The molecule has 2 atom stereocenters. The van der Waals surface area contributed by atoms with Crippen molar-refractivity contribution in [3.05, 3.63) is 35.9 Å². The summed E-state index contributed by atoms with van der Waals surface area (Å²) < 4.78 is 10.3. The van der Waals surface area contributed by atoms with E-state index in [0.717, 1.165) is 18.4 Å². The number of esters is 2. The standard InChI is InChI=1S/C25H39ClO4/c1-4-5-6-7-8-9-10-11-12-16-19-30-23(27)22(21-17-14-13-15-18-21)20-25(2,26)24(28)29-3/h13-15,17-18,22H,4-12,16,19-20H2,1-3H3. The molecule has 30 heavy (non-hydrogen) atoms. The van der Waals surface area contributed by atoms with Crippen LogP contribution in [0.5, 0.6) is 0 Å². The van der Waals surface area contributed by atoms with Gasteiger partial charge in [-0.15, -0.1) is 11.6 Å². The van der Waals surface area contributed by atoms with E-state index in [1.165, 1.54) is 58.5 Å². The van der Waals surface area contributed by atoms with E-state index >= 15 is 0 Å². The molecular weight excluding hydrogens is 400 g/mol. The van der Waals surface area contributed by atoms with Crippen molar-refractivity contribution in [2.24, 2.45) is 0 Å². The van der Waals surface area contributed by atoms with Gasteiger partial charge in [-0.2, -0.15) is 0 Å². The number of hydrogen-bond donors (Lipinski definition) is 0. The molecule has 4 nitrogen and oxygen atoms in total. The van der Waals surface area contributed by atoms with E-state index in [0.29, 0.717) is 6.61 Å². The molecule has 0 bridgehead atoms. The number of unbranched alkanes of at least 4 members (excludes halogenated alkanes) is 9. The molecule has 0 fully saturated rings. The molecule has 0 saturated heterocycles. The molecule has 0 N–H and O–H groups in total. The number of hydrogen-bond acceptors (Lipinski definition) is 4. The molecule has 5 heteroatoms. The van der Waals surface area contributed by atoms with Crippen molar-refractivity contribution in [2.75, 3.05) is 13.7 Å². The lowest BCUT2D eigenvalue weighted by Gasteiger charge is -2.24. The van der Waals surface area contributed by atoms with Crippen LogP contribution in [0.1, 0.15) is 96.0 Å². The maximum absolute atomic E-state index is 12.8. The van der Waals surface area contributed by atoms with Crippen molar-refractivity contribution in [3.63, 3.8) is 0 Å². The monoisotopic (exact) mass is 438 g/mol. The molecule has 0 aliphatic carbocycles. The second-order valence-corrected chi connectivity index (χ2v) is 9.04. The average Bonchev–Trinajstić information content (AvgIpc) is 2.75. The van der Waals surface area contributed by atoms with Gasteiger partial charge in [-0.25, -0.2) is 0 Å². The van der Waals surface area contributed by atoms with E-state index in [1.807, 2.05) is 30.3 Å². The number of methoxy groups -OCH3 is 1. The number of carbonyl (C=O) groups excluding carboxylic acids is 2. The van der Waals surface area contributed by atoms with Crippen LogP contribution in [-0.4, -0.2) is 30.5 Å². The number of rotatable bonds is 16. The van der Waals surface area contributed by atoms with Crippen molar-refractivity contribution in [2.45, 2.75) is 95.3 Å². The molecule has 0 aliphatic heterocycles. The average molecular weight is 439 g/mol. The topological polar surface area (TPSA) is 52.6 Å². The molecule has 0 heterocycles. The maximum atomic E-state index is 12.8. The molecule has 0 aliphatic rings. The summed E-state index contributed by atoms with van der Waals surface area (Å²) in [5.41, 5.74) is 0.793. The summed E-state index contributed by atoms with van der Waals surface area (Å²) in [4.78, 5) is 23.4. The fourth-order valence-electron chi connectivity index (χ4n) is 3.56. The number of carbonyl (C=O) groups is 2. The van der Waals surface area contributed by atoms with Gasteiger partial charge in [-0.05, 0) is 25.3 Å². The van der Waals surface area contributed by atoms with Crippen LogP contribution in [0.2, 0.25) is 0 Å². The van der Waals surface area contributed by atoms with Gasteiger partial charge in [0.15, 0.2) is 0 Å². The summed E-state index contributed by atoms with van der Waals surface area (Å²) in [6.07, 6.45) is 12.4. The van der Waals surface area contributed by atoms with Gasteiger partial charge in [0.25, 0.3) is 0 Å². The first-order chi connectivity index (χ1) is 14.4. The number of alkyl halides is 1. The minimum atomic E-state index is -1.29. The van der Waals surface area contributed by atoms with Crippen LogP contribution in [-0.2, 0) is 19.1 Å². The lowest BCUT2D eigenvalue weighted by Crippen LogP contribution is -2.34. The molecule has 0 saturated carbocycles. The Balaban J connectivity index is 2.40. The second kappa shape index (κ2) is 15.3. The van der Waals surface area contributed by atoms with Gasteiger partial charge in [0.1, 0.15) is 4.87 Å². The van der Waals surface area contributed by atoms with Gasteiger partial charge in [-0.3, -0.25) is 9.59 Å². The Morgan fingerprint density at radius 3 is 2.00 bits per heavy atom. The number of benzene rings is 1. The molecular formula is C25H39ClO4. The van der Waals surface area contributed by atoms with E-state index < -0.39 is 16.8 Å². The third-order valence-corrected chi connectivity index (χ3v) is 5.74. The lowest BCUT2D eigenvalue weighted by molar-refractivity contribution is -0.147. The maximum Gasteiger partial charge on any atom is 0.326 e. The first-order valence-corrected chi connectivity index (χ1v) is 11.8. The minimum absolute atomic E-state index is 0.127. The van der Waals surface area contributed by atoms with Gasteiger partial charge in [0, 0.05) is 0 Å². The van der Waals surface area contributed by atoms with Gasteiger partial charge >= 0.3 is 11.9 Å². The number of ether oxygens (including phenoxy) is 2. The van der Waals surface area contributed by atoms with E-state index in [9.17, 15) is 9.59 Å². The van der Waals surface area contributed by atoms with Crippen molar-refractivity contribution < 1.29 is 19.1 Å². The van der Waals surface area contributed by atoms with Crippen molar-refractivity contribution in [1.29, 1.82) is 0 Å². The zero-order chi connectivity index (χ0) is 22.2. The first-order valence-electron chi connectivity index (χ1n) is 11.4. The van der Waals surface area contributed by atoms with Crippen molar-refractivity contribution in [3.8, 4) is 0 Å². The van der Waals surface area contributed by atoms with Gasteiger partial charge < -0.3 is 9.47 Å². The van der Waals surface area contributed by atoms with E-state index in [4.69, 9.17) is 21.1 Å². The molecule has 0 radical (unpaired) electrons. The molecule has 1 aromatic rings. The molecule has 2 unspecified atom stereocenters. The Morgan fingerprint density at radius 2 is 1.47 bits per heavy atom. The van der Waals surface area contributed by atoms with Crippen LogP contribution in [0.3, 0.4) is 0 Å². The third-order valence-electron chi connectivity index (χ3n) is 5.43. The van der Waals surface area contributed by atoms with Crippen LogP contribution in [0.4, 0.5) is 0 Å². The summed E-state index contributed by atoms with van der Waals surface area (Å²) in [6.45, 7) is 4.21. The summed E-state index contributed by atoms with van der Waals surface area (Å²) >= 11 is 6.37. The quantitative estimate of drug-likeness (QED) is 0.162. The fraction of sp³-hybridized carbons (Fsp3) is 0.680. The second-order valence-electron chi connectivity index (χ2n) is 8.21. The summed E-state index contributed by atoms with van der Waals surface area (Å²) in [6, 6.07) is 9.33. The Hall–Kier alpha value is -1.55. The highest BCUT2D eigenvalue weighted by Crippen LogP contribution is 2.32. The smallest absolute Gasteiger partial charge is 0.326 e. The Labute approximate surface area is 187 Å². The highest BCUT2D eigenvalue weighted by molar-refractivity contribution is 6.33. The van der Waals surface area contributed by atoms with Crippen LogP contribution >= 0.6 is 11.6 Å². The van der Waals surface area contributed by atoms with Gasteiger partial charge in [-0.1, -0.05) is 95.0 Å². The fourth-order valence-corrected chi connectivity index (χ4v) is 3.80. The Kier molecular flexibility index (Phi) is 13.5. The number of halogens is 1. The highest BCUT2D eigenvalue weighted by Gasteiger charge is 2.38. The Morgan fingerprint density at radius 1 is 0.933 bits per heavy atom. The van der Waals surface area contributed by atoms with Crippen molar-refractivity contribution >= 4 is 23.5 Å². The van der Waals surface area contributed by atoms with Crippen LogP contribution in [0.25, 0.3) is 0 Å². The van der Waals surface area contributed by atoms with E-state index in [1.54, 1.807) is 6.92 Å². The first kappa shape index (κ1) is 26.5. The van der Waals surface area contributed by atoms with Crippen molar-refractivity contribution in [1.82, 2.24) is 0 Å². The van der Waals surface area contributed by atoms with E-state index in [-0.39, 0.29) is 12.4 Å². The van der Waals surface area contributed by atoms with Crippen LogP contribution in [0.15, 0.2) is 30.3 Å². The third kappa shape index (κ3) is 10.5. The normalized spacial score (nSPS) is 14.0. The molecule has 170 valence electrons. The van der Waals surface area contributed by atoms with Crippen LogP contribution < -0.4 is 0 Å².